The average molecular weight is 338 g/mol. The second-order valence-corrected chi connectivity index (χ2v) is 6.55. The molecule has 1 fully saturated rings. The van der Waals surface area contributed by atoms with E-state index < -0.39 is 0 Å². The van der Waals surface area contributed by atoms with Crippen LogP contribution in [0.5, 0.6) is 11.5 Å². The lowest BCUT2D eigenvalue weighted by molar-refractivity contribution is 0.0775. The summed E-state index contributed by atoms with van der Waals surface area (Å²) in [5.41, 5.74) is 1.40. The van der Waals surface area contributed by atoms with E-state index in [1.54, 1.807) is 7.11 Å². The van der Waals surface area contributed by atoms with Crippen molar-refractivity contribution in [2.24, 2.45) is 4.99 Å². The summed E-state index contributed by atoms with van der Waals surface area (Å²) in [4.78, 5) is 19.4. The number of rotatable bonds is 4. The Bertz CT molecular complexity index is 860. The molecule has 0 aromatic heterocycles. The van der Waals surface area contributed by atoms with Crippen LogP contribution in [0, 0.1) is 0 Å². The van der Waals surface area contributed by atoms with Gasteiger partial charge in [-0.05, 0) is 54.3 Å². The first-order valence-electron chi connectivity index (χ1n) is 8.85. The summed E-state index contributed by atoms with van der Waals surface area (Å²) in [6, 6.07) is 7.93. The van der Waals surface area contributed by atoms with E-state index in [1.807, 2.05) is 35.4 Å². The zero-order valence-corrected chi connectivity index (χ0v) is 14.6. The van der Waals surface area contributed by atoms with Crippen LogP contribution in [0.1, 0.15) is 36.5 Å². The topological polar surface area (TPSA) is 51.1 Å². The van der Waals surface area contributed by atoms with E-state index in [2.05, 4.69) is 11.9 Å². The Kier molecular flexibility index (Phi) is 4.07. The van der Waals surface area contributed by atoms with Gasteiger partial charge in [0.25, 0.3) is 5.91 Å². The van der Waals surface area contributed by atoms with Crippen LogP contribution in [0.3, 0.4) is 0 Å². The Labute approximate surface area is 147 Å². The largest absolute Gasteiger partial charge is 0.493 e. The second kappa shape index (κ2) is 6.39. The van der Waals surface area contributed by atoms with Crippen LogP contribution in [0.25, 0.3) is 10.8 Å². The van der Waals surface area contributed by atoms with Crippen LogP contribution in [0.2, 0.25) is 0 Å². The lowest BCUT2D eigenvalue weighted by Gasteiger charge is -2.20. The van der Waals surface area contributed by atoms with Gasteiger partial charge in [0.05, 0.1) is 31.0 Å². The van der Waals surface area contributed by atoms with E-state index >= 15 is 0 Å². The number of aliphatic imine (C=N–C) groups is 1. The standard InChI is InChI=1S/C20H22N2O3/c1-3-7-25-19-11-14-9-17-16(8-13(14)10-18(19)24-2)20(23)22-6-4-5-15(22)12-21-17/h8-12,15H,3-7H2,1-2H3. The molecule has 25 heavy (non-hydrogen) atoms. The molecule has 2 aromatic rings. The molecule has 2 aliphatic heterocycles. The first-order valence-corrected chi connectivity index (χ1v) is 8.85. The van der Waals surface area contributed by atoms with Gasteiger partial charge in [-0.25, -0.2) is 0 Å². The van der Waals surface area contributed by atoms with Crippen molar-refractivity contribution < 1.29 is 14.3 Å². The van der Waals surface area contributed by atoms with E-state index in [4.69, 9.17) is 9.47 Å². The molecular formula is C20H22N2O3. The number of carbonyl (C=O) groups excluding carboxylic acids is 1. The number of hydrogen-bond acceptors (Lipinski definition) is 4. The van der Waals surface area contributed by atoms with Gasteiger partial charge in [0.1, 0.15) is 0 Å². The molecule has 5 heteroatoms. The quantitative estimate of drug-likeness (QED) is 0.848. The number of benzene rings is 2. The molecule has 0 aliphatic carbocycles. The van der Waals surface area contributed by atoms with Gasteiger partial charge in [-0.2, -0.15) is 0 Å². The zero-order chi connectivity index (χ0) is 17.4. The highest BCUT2D eigenvalue weighted by Gasteiger charge is 2.31. The van der Waals surface area contributed by atoms with Gasteiger partial charge in [-0.1, -0.05) is 6.92 Å². The maximum atomic E-state index is 12.9. The van der Waals surface area contributed by atoms with Crippen molar-refractivity contribution in [1.82, 2.24) is 4.90 Å². The van der Waals surface area contributed by atoms with Gasteiger partial charge < -0.3 is 14.4 Å². The van der Waals surface area contributed by atoms with Gasteiger partial charge in [-0.3, -0.25) is 9.79 Å². The van der Waals surface area contributed by atoms with Crippen molar-refractivity contribution in [3.05, 3.63) is 29.8 Å². The fourth-order valence-corrected chi connectivity index (χ4v) is 3.58. The molecule has 2 heterocycles. The molecule has 0 bridgehead atoms. The maximum Gasteiger partial charge on any atom is 0.256 e. The van der Waals surface area contributed by atoms with Crippen LogP contribution in [0.15, 0.2) is 29.3 Å². The average Bonchev–Trinajstić information content (AvgIpc) is 3.06. The normalized spacial score (nSPS) is 18.9. The minimum absolute atomic E-state index is 0.0715. The molecule has 0 N–H and O–H groups in total. The summed E-state index contributed by atoms with van der Waals surface area (Å²) in [6.07, 6.45) is 4.88. The Balaban J connectivity index is 1.83. The van der Waals surface area contributed by atoms with E-state index in [0.717, 1.165) is 48.0 Å². The Morgan fingerprint density at radius 2 is 2.00 bits per heavy atom. The first-order chi connectivity index (χ1) is 12.2. The number of nitrogens with zero attached hydrogens (tertiary/aromatic N) is 2. The van der Waals surface area contributed by atoms with Gasteiger partial charge in [-0.15, -0.1) is 0 Å². The van der Waals surface area contributed by atoms with E-state index in [0.29, 0.717) is 17.9 Å². The smallest absolute Gasteiger partial charge is 0.256 e. The van der Waals surface area contributed by atoms with Gasteiger partial charge in [0, 0.05) is 12.8 Å². The zero-order valence-electron chi connectivity index (χ0n) is 14.6. The number of methoxy groups -OCH3 is 1. The lowest BCUT2D eigenvalue weighted by Crippen LogP contribution is -2.35. The van der Waals surface area contributed by atoms with Crippen molar-refractivity contribution in [3.8, 4) is 11.5 Å². The predicted molar refractivity (Wildman–Crippen MR) is 98.5 cm³/mol. The molecule has 2 aliphatic rings. The summed E-state index contributed by atoms with van der Waals surface area (Å²) < 4.78 is 11.3. The van der Waals surface area contributed by atoms with Gasteiger partial charge in [0.15, 0.2) is 11.5 Å². The van der Waals surface area contributed by atoms with E-state index in [1.165, 1.54) is 0 Å². The summed E-state index contributed by atoms with van der Waals surface area (Å²) in [5.74, 6) is 1.48. The molecular weight excluding hydrogens is 316 g/mol. The van der Waals surface area contributed by atoms with Crippen molar-refractivity contribution in [2.45, 2.75) is 32.2 Å². The molecule has 0 spiro atoms. The summed E-state index contributed by atoms with van der Waals surface area (Å²) >= 11 is 0. The van der Waals surface area contributed by atoms with E-state index in [-0.39, 0.29) is 11.9 Å². The molecule has 1 unspecified atom stereocenters. The number of carbonyl (C=O) groups is 1. The van der Waals surface area contributed by atoms with Crippen LogP contribution in [-0.4, -0.2) is 43.3 Å². The Hall–Kier alpha value is -2.56. The van der Waals surface area contributed by atoms with Crippen molar-refractivity contribution in [3.63, 3.8) is 0 Å². The number of ether oxygens (including phenoxy) is 2. The molecule has 4 rings (SSSR count). The van der Waals surface area contributed by atoms with Crippen molar-refractivity contribution in [2.75, 3.05) is 20.3 Å². The third-order valence-corrected chi connectivity index (χ3v) is 4.88. The number of amides is 1. The molecule has 130 valence electrons. The summed E-state index contributed by atoms with van der Waals surface area (Å²) in [6.45, 7) is 3.51. The molecule has 0 radical (unpaired) electrons. The highest BCUT2D eigenvalue weighted by atomic mass is 16.5. The van der Waals surface area contributed by atoms with Gasteiger partial charge in [0.2, 0.25) is 0 Å². The van der Waals surface area contributed by atoms with Crippen molar-refractivity contribution >= 4 is 28.6 Å². The summed E-state index contributed by atoms with van der Waals surface area (Å²) in [7, 11) is 1.63. The Morgan fingerprint density at radius 1 is 1.20 bits per heavy atom. The summed E-state index contributed by atoms with van der Waals surface area (Å²) in [5, 5.41) is 1.96. The number of hydrogen-bond donors (Lipinski definition) is 0. The minimum Gasteiger partial charge on any atom is -0.493 e. The predicted octanol–water partition coefficient (Wildman–Crippen LogP) is 3.96. The van der Waals surface area contributed by atoms with Gasteiger partial charge >= 0.3 is 0 Å². The first kappa shape index (κ1) is 15.9. The van der Waals surface area contributed by atoms with Crippen LogP contribution < -0.4 is 9.47 Å². The molecule has 0 saturated carbocycles. The molecule has 2 aromatic carbocycles. The monoisotopic (exact) mass is 338 g/mol. The third kappa shape index (κ3) is 2.73. The van der Waals surface area contributed by atoms with Crippen LogP contribution in [-0.2, 0) is 0 Å². The molecule has 1 amide bonds. The second-order valence-electron chi connectivity index (χ2n) is 6.55. The number of fused-ring (bicyclic) bond motifs is 3. The molecule has 1 atom stereocenters. The lowest BCUT2D eigenvalue weighted by atomic mass is 10.0. The van der Waals surface area contributed by atoms with E-state index in [9.17, 15) is 4.79 Å². The molecule has 5 nitrogen and oxygen atoms in total. The maximum absolute atomic E-state index is 12.9. The minimum atomic E-state index is 0.0715. The SMILES string of the molecule is CCCOc1cc2cc3c(cc2cc1OC)C(=O)N1CCCC1C=N3. The van der Waals surface area contributed by atoms with Crippen molar-refractivity contribution in [1.29, 1.82) is 0 Å². The van der Waals surface area contributed by atoms with Crippen LogP contribution in [0.4, 0.5) is 5.69 Å². The third-order valence-electron chi connectivity index (χ3n) is 4.88. The Morgan fingerprint density at radius 3 is 2.80 bits per heavy atom. The highest BCUT2D eigenvalue weighted by molar-refractivity contribution is 6.07. The highest BCUT2D eigenvalue weighted by Crippen LogP contribution is 2.37. The fraction of sp³-hybridized carbons (Fsp3) is 0.400. The molecule has 1 saturated heterocycles. The fourth-order valence-electron chi connectivity index (χ4n) is 3.58. The van der Waals surface area contributed by atoms with Crippen LogP contribution >= 0.6 is 0 Å².